The maximum atomic E-state index is 12.4. The predicted molar refractivity (Wildman–Crippen MR) is 89.2 cm³/mol. The molecule has 3 heterocycles. The molecule has 0 saturated carbocycles. The zero-order valence-corrected chi connectivity index (χ0v) is 15.3. The summed E-state index contributed by atoms with van der Waals surface area (Å²) in [4.78, 5) is 12.4. The van der Waals surface area contributed by atoms with Crippen molar-refractivity contribution in [2.75, 3.05) is 6.61 Å². The zero-order valence-electron chi connectivity index (χ0n) is 15.3. The van der Waals surface area contributed by atoms with Crippen molar-refractivity contribution >= 4 is 5.97 Å². The Morgan fingerprint density at radius 3 is 2.31 bits per heavy atom. The highest BCUT2D eigenvalue weighted by atomic mass is 16.8. The van der Waals surface area contributed by atoms with Crippen LogP contribution < -0.4 is 0 Å². The van der Waals surface area contributed by atoms with Gasteiger partial charge in [0, 0.05) is 0 Å². The molecule has 0 amide bonds. The molecule has 26 heavy (non-hydrogen) atoms. The molecular weight excluding hydrogens is 340 g/mol. The van der Waals surface area contributed by atoms with Crippen LogP contribution in [0, 0.1) is 0 Å². The van der Waals surface area contributed by atoms with Crippen LogP contribution in [0.1, 0.15) is 38.1 Å². The Hall–Kier alpha value is -1.51. The lowest BCUT2D eigenvalue weighted by molar-refractivity contribution is -0.235. The quantitative estimate of drug-likeness (QED) is 0.762. The van der Waals surface area contributed by atoms with Crippen molar-refractivity contribution in [3.8, 4) is 0 Å². The van der Waals surface area contributed by atoms with Gasteiger partial charge < -0.3 is 28.4 Å². The summed E-state index contributed by atoms with van der Waals surface area (Å²) in [6.45, 7) is 7.73. The number of fused-ring (bicyclic) bond motifs is 1. The van der Waals surface area contributed by atoms with Crippen LogP contribution in [0.4, 0.5) is 0 Å². The Bertz CT molecular complexity index is 672. The van der Waals surface area contributed by atoms with Gasteiger partial charge >= 0.3 is 5.97 Å². The first-order chi connectivity index (χ1) is 12.2. The first-order valence-electron chi connectivity index (χ1n) is 8.83. The molecule has 3 fully saturated rings. The molecular formula is C19H24O7. The number of hydrogen-bond acceptors (Lipinski definition) is 7. The van der Waals surface area contributed by atoms with Gasteiger partial charge in [-0.2, -0.15) is 0 Å². The Morgan fingerprint density at radius 1 is 0.962 bits per heavy atom. The summed E-state index contributed by atoms with van der Waals surface area (Å²) >= 11 is 0. The van der Waals surface area contributed by atoms with Crippen LogP contribution in [0.3, 0.4) is 0 Å². The molecule has 4 rings (SSSR count). The van der Waals surface area contributed by atoms with Crippen molar-refractivity contribution in [3.05, 3.63) is 35.9 Å². The summed E-state index contributed by atoms with van der Waals surface area (Å²) in [7, 11) is 0. The third-order valence-electron chi connectivity index (χ3n) is 4.68. The van der Waals surface area contributed by atoms with Crippen molar-refractivity contribution in [2.24, 2.45) is 0 Å². The van der Waals surface area contributed by atoms with Crippen molar-refractivity contribution in [2.45, 2.75) is 70.0 Å². The molecule has 3 aliphatic rings. The minimum absolute atomic E-state index is 0.324. The molecule has 7 nitrogen and oxygen atoms in total. The fourth-order valence-electron chi connectivity index (χ4n) is 3.61. The van der Waals surface area contributed by atoms with Crippen LogP contribution in [0.2, 0.25) is 0 Å². The van der Waals surface area contributed by atoms with E-state index >= 15 is 0 Å². The fourth-order valence-corrected chi connectivity index (χ4v) is 3.61. The maximum Gasteiger partial charge on any atom is 0.340 e. The van der Waals surface area contributed by atoms with E-state index in [1.807, 2.05) is 33.8 Å². The molecule has 3 saturated heterocycles. The van der Waals surface area contributed by atoms with Gasteiger partial charge in [0.2, 0.25) is 6.29 Å². The third kappa shape index (κ3) is 3.37. The summed E-state index contributed by atoms with van der Waals surface area (Å²) in [6, 6.07) is 8.78. The van der Waals surface area contributed by atoms with Gasteiger partial charge in [-0.3, -0.25) is 0 Å². The second kappa shape index (κ2) is 6.28. The topological polar surface area (TPSA) is 72.5 Å². The van der Waals surface area contributed by atoms with Crippen LogP contribution in [0.25, 0.3) is 0 Å². The van der Waals surface area contributed by atoms with Crippen LogP contribution in [0.5, 0.6) is 0 Å². The van der Waals surface area contributed by atoms with E-state index in [0.717, 1.165) is 0 Å². The second-order valence-electron chi connectivity index (χ2n) is 7.67. The van der Waals surface area contributed by atoms with E-state index in [4.69, 9.17) is 28.4 Å². The molecule has 0 radical (unpaired) electrons. The standard InChI is InChI=1S/C19H24O7/c1-18(2)21-10-12(24-18)13-14-15(26-19(3,4)25-14)17(22-13)23-16(20)11-8-6-5-7-9-11/h5-9,12-15,17H,10H2,1-4H3/t12-,13+,14+,15+,17?/m1/s1. The minimum Gasteiger partial charge on any atom is -0.429 e. The summed E-state index contributed by atoms with van der Waals surface area (Å²) in [5, 5.41) is 0. The number of carbonyl (C=O) groups excluding carboxylic acids is 1. The van der Waals surface area contributed by atoms with Crippen molar-refractivity contribution in [1.82, 2.24) is 0 Å². The number of benzene rings is 1. The highest BCUT2D eigenvalue weighted by molar-refractivity contribution is 5.89. The molecule has 0 aliphatic carbocycles. The van der Waals surface area contributed by atoms with E-state index in [-0.39, 0.29) is 6.10 Å². The molecule has 1 aromatic carbocycles. The molecule has 0 N–H and O–H groups in total. The van der Waals surface area contributed by atoms with Gasteiger partial charge in [0.1, 0.15) is 18.3 Å². The average Bonchev–Trinajstić information content (AvgIpc) is 3.19. The molecule has 142 valence electrons. The number of esters is 1. The van der Waals surface area contributed by atoms with Crippen molar-refractivity contribution in [3.63, 3.8) is 0 Å². The largest absolute Gasteiger partial charge is 0.429 e. The highest BCUT2D eigenvalue weighted by Crippen LogP contribution is 2.42. The summed E-state index contributed by atoms with van der Waals surface area (Å²) < 4.78 is 35.1. The van der Waals surface area contributed by atoms with E-state index in [9.17, 15) is 4.79 Å². The molecule has 0 spiro atoms. The fraction of sp³-hybridized carbons (Fsp3) is 0.632. The van der Waals surface area contributed by atoms with Gasteiger partial charge in [-0.1, -0.05) is 18.2 Å². The highest BCUT2D eigenvalue weighted by Gasteiger charge is 2.60. The minimum atomic E-state index is -0.869. The Morgan fingerprint density at radius 2 is 1.65 bits per heavy atom. The second-order valence-corrected chi connectivity index (χ2v) is 7.67. The summed E-state index contributed by atoms with van der Waals surface area (Å²) in [6.07, 6.45) is -2.56. The van der Waals surface area contributed by atoms with Gasteiger partial charge in [0.05, 0.1) is 12.2 Å². The molecule has 0 bridgehead atoms. The summed E-state index contributed by atoms with van der Waals surface area (Å²) in [5.41, 5.74) is 0.454. The zero-order chi connectivity index (χ0) is 18.5. The molecule has 1 unspecified atom stereocenters. The van der Waals surface area contributed by atoms with Gasteiger partial charge in [0.25, 0.3) is 0 Å². The van der Waals surface area contributed by atoms with Crippen LogP contribution >= 0.6 is 0 Å². The molecule has 7 heteroatoms. The Balaban J connectivity index is 1.51. The molecule has 0 aromatic heterocycles. The van der Waals surface area contributed by atoms with Gasteiger partial charge in [-0.05, 0) is 39.8 Å². The smallest absolute Gasteiger partial charge is 0.340 e. The molecule has 1 aromatic rings. The van der Waals surface area contributed by atoms with Crippen LogP contribution in [-0.2, 0) is 28.4 Å². The van der Waals surface area contributed by atoms with E-state index in [1.54, 1.807) is 24.3 Å². The van der Waals surface area contributed by atoms with E-state index in [2.05, 4.69) is 0 Å². The van der Waals surface area contributed by atoms with Gasteiger partial charge in [0.15, 0.2) is 17.7 Å². The number of rotatable bonds is 3. The van der Waals surface area contributed by atoms with E-state index in [0.29, 0.717) is 12.2 Å². The average molecular weight is 364 g/mol. The number of ether oxygens (including phenoxy) is 6. The Labute approximate surface area is 152 Å². The predicted octanol–water partition coefficient (Wildman–Crippen LogP) is 2.24. The number of hydrogen-bond donors (Lipinski definition) is 0. The SMILES string of the molecule is CC1(C)O[C@H]2[C@H]([C@H]3COC(C)(C)O3)OC(OC(=O)c3ccccc3)[C@H]2O1. The lowest BCUT2D eigenvalue weighted by Gasteiger charge is -2.26. The Kier molecular flexibility index (Phi) is 4.32. The van der Waals surface area contributed by atoms with E-state index in [1.165, 1.54) is 0 Å². The lowest BCUT2D eigenvalue weighted by Crippen LogP contribution is -2.40. The molecule has 3 aliphatic heterocycles. The van der Waals surface area contributed by atoms with Crippen LogP contribution in [-0.4, -0.2) is 54.9 Å². The normalized spacial score (nSPS) is 37.5. The van der Waals surface area contributed by atoms with Gasteiger partial charge in [-0.15, -0.1) is 0 Å². The third-order valence-corrected chi connectivity index (χ3v) is 4.68. The monoisotopic (exact) mass is 364 g/mol. The van der Waals surface area contributed by atoms with Crippen LogP contribution in [0.15, 0.2) is 30.3 Å². The first kappa shape index (κ1) is 17.9. The first-order valence-corrected chi connectivity index (χ1v) is 8.83. The van der Waals surface area contributed by atoms with Gasteiger partial charge in [-0.25, -0.2) is 4.79 Å². The molecule has 5 atom stereocenters. The number of carbonyl (C=O) groups is 1. The van der Waals surface area contributed by atoms with Crippen molar-refractivity contribution in [1.29, 1.82) is 0 Å². The van der Waals surface area contributed by atoms with E-state index < -0.39 is 42.1 Å². The summed E-state index contributed by atoms with van der Waals surface area (Å²) in [5.74, 6) is -1.94. The lowest BCUT2D eigenvalue weighted by atomic mass is 10.1. The maximum absolute atomic E-state index is 12.4. The van der Waals surface area contributed by atoms with Crippen molar-refractivity contribution < 1.29 is 33.2 Å².